The second-order valence-corrected chi connectivity index (χ2v) is 6.75. The second-order valence-electron chi connectivity index (χ2n) is 6.75. The highest BCUT2D eigenvalue weighted by Gasteiger charge is 2.30. The highest BCUT2D eigenvalue weighted by Crippen LogP contribution is 2.29. The van der Waals surface area contributed by atoms with E-state index in [2.05, 4.69) is 5.32 Å². The van der Waals surface area contributed by atoms with Crippen molar-refractivity contribution >= 4 is 17.6 Å². The summed E-state index contributed by atoms with van der Waals surface area (Å²) in [5.74, 6) is -0.767. The number of aryl methyl sites for hydroxylation is 1. The number of amides is 3. The van der Waals surface area contributed by atoms with E-state index in [4.69, 9.17) is 0 Å². The van der Waals surface area contributed by atoms with Gasteiger partial charge in [-0.25, -0.2) is 9.18 Å². The lowest BCUT2D eigenvalue weighted by molar-refractivity contribution is -0.137. The lowest BCUT2D eigenvalue weighted by Gasteiger charge is -2.34. The van der Waals surface area contributed by atoms with E-state index in [1.165, 1.54) is 34.1 Å². The molecule has 3 rings (SSSR count). The number of carbonyl (C=O) groups is 2. The van der Waals surface area contributed by atoms with Crippen molar-refractivity contribution in [2.24, 2.45) is 0 Å². The molecular formula is C20H19F4N3O2. The molecule has 5 nitrogen and oxygen atoms in total. The minimum Gasteiger partial charge on any atom is -0.335 e. The fraction of sp³-hybridized carbons (Fsp3) is 0.300. The molecule has 1 aliphatic heterocycles. The van der Waals surface area contributed by atoms with Gasteiger partial charge in [0.15, 0.2) is 0 Å². The molecule has 2 aromatic carbocycles. The average Bonchev–Trinajstić information content (AvgIpc) is 2.69. The lowest BCUT2D eigenvalue weighted by Crippen LogP contribution is -2.51. The fourth-order valence-corrected chi connectivity index (χ4v) is 2.97. The van der Waals surface area contributed by atoms with Crippen LogP contribution in [0.1, 0.15) is 21.5 Å². The molecule has 0 radical (unpaired) electrons. The smallest absolute Gasteiger partial charge is 0.335 e. The van der Waals surface area contributed by atoms with Crippen molar-refractivity contribution in [3.05, 3.63) is 65.0 Å². The highest BCUT2D eigenvalue weighted by atomic mass is 19.4. The van der Waals surface area contributed by atoms with Gasteiger partial charge in [-0.05, 0) is 48.9 Å². The summed E-state index contributed by atoms with van der Waals surface area (Å²) in [7, 11) is 0. The van der Waals surface area contributed by atoms with Crippen LogP contribution < -0.4 is 5.32 Å². The Morgan fingerprint density at radius 3 is 2.07 bits per heavy atom. The summed E-state index contributed by atoms with van der Waals surface area (Å²) in [6.07, 6.45) is -4.44. The third-order valence-corrected chi connectivity index (χ3v) is 4.74. The van der Waals surface area contributed by atoms with E-state index in [1.807, 2.05) is 0 Å². The summed E-state index contributed by atoms with van der Waals surface area (Å²) in [6, 6.07) is 8.00. The molecule has 3 amide bonds. The summed E-state index contributed by atoms with van der Waals surface area (Å²) in [5, 5.41) is 2.55. The normalized spacial score (nSPS) is 14.7. The van der Waals surface area contributed by atoms with Crippen LogP contribution in [0.4, 0.5) is 28.0 Å². The number of benzene rings is 2. The third-order valence-electron chi connectivity index (χ3n) is 4.74. The Morgan fingerprint density at radius 1 is 0.931 bits per heavy atom. The molecule has 0 saturated carbocycles. The first-order valence-corrected chi connectivity index (χ1v) is 8.94. The fourth-order valence-electron chi connectivity index (χ4n) is 2.97. The number of piperazine rings is 1. The van der Waals surface area contributed by atoms with Crippen LogP contribution in [0.25, 0.3) is 0 Å². The molecule has 1 saturated heterocycles. The highest BCUT2D eigenvalue weighted by molar-refractivity contribution is 5.94. The van der Waals surface area contributed by atoms with E-state index in [-0.39, 0.29) is 43.3 Å². The van der Waals surface area contributed by atoms with E-state index < -0.39 is 23.6 Å². The van der Waals surface area contributed by atoms with Gasteiger partial charge in [0.05, 0.1) is 5.56 Å². The molecule has 1 heterocycles. The van der Waals surface area contributed by atoms with Gasteiger partial charge in [-0.15, -0.1) is 0 Å². The van der Waals surface area contributed by atoms with Crippen molar-refractivity contribution in [1.82, 2.24) is 9.80 Å². The minimum absolute atomic E-state index is 0.246. The van der Waals surface area contributed by atoms with Gasteiger partial charge in [0.25, 0.3) is 5.91 Å². The van der Waals surface area contributed by atoms with E-state index >= 15 is 0 Å². The van der Waals surface area contributed by atoms with Gasteiger partial charge < -0.3 is 15.1 Å². The standard InChI is InChI=1S/C20H19F4N3O2/c1-13-2-3-14(12-17(13)21)18(28)26-8-10-27(11-9-26)19(29)25-16-6-4-15(5-7-16)20(22,23)24/h2-7,12H,8-11H2,1H3,(H,25,29). The number of alkyl halides is 3. The van der Waals surface area contributed by atoms with Crippen LogP contribution in [0.15, 0.2) is 42.5 Å². The largest absolute Gasteiger partial charge is 0.416 e. The Labute approximate surface area is 164 Å². The molecule has 154 valence electrons. The zero-order valence-corrected chi connectivity index (χ0v) is 15.6. The van der Waals surface area contributed by atoms with Crippen molar-refractivity contribution in [3.8, 4) is 0 Å². The van der Waals surface area contributed by atoms with Crippen LogP contribution >= 0.6 is 0 Å². The maximum absolute atomic E-state index is 13.7. The number of anilines is 1. The number of nitrogens with one attached hydrogen (secondary N) is 1. The zero-order valence-electron chi connectivity index (χ0n) is 15.6. The van der Waals surface area contributed by atoms with Crippen molar-refractivity contribution in [3.63, 3.8) is 0 Å². The van der Waals surface area contributed by atoms with Crippen LogP contribution in [0.3, 0.4) is 0 Å². The van der Waals surface area contributed by atoms with Crippen molar-refractivity contribution in [2.75, 3.05) is 31.5 Å². The van der Waals surface area contributed by atoms with Crippen LogP contribution in [-0.2, 0) is 6.18 Å². The monoisotopic (exact) mass is 409 g/mol. The van der Waals surface area contributed by atoms with E-state index in [0.29, 0.717) is 5.56 Å². The number of urea groups is 1. The quantitative estimate of drug-likeness (QED) is 0.758. The van der Waals surface area contributed by atoms with Crippen molar-refractivity contribution in [2.45, 2.75) is 13.1 Å². The van der Waals surface area contributed by atoms with E-state index in [0.717, 1.165) is 12.1 Å². The van der Waals surface area contributed by atoms with Gasteiger partial charge in [-0.3, -0.25) is 4.79 Å². The first-order valence-electron chi connectivity index (χ1n) is 8.94. The Bertz CT molecular complexity index is 905. The molecule has 2 aromatic rings. The van der Waals surface area contributed by atoms with Crippen LogP contribution in [0.2, 0.25) is 0 Å². The predicted molar refractivity (Wildman–Crippen MR) is 99.1 cm³/mol. The summed E-state index contributed by atoms with van der Waals surface area (Å²) in [5.41, 5.74) is 0.147. The van der Waals surface area contributed by atoms with E-state index in [1.54, 1.807) is 13.0 Å². The summed E-state index contributed by atoms with van der Waals surface area (Å²) in [4.78, 5) is 27.8. The van der Waals surface area contributed by atoms with Crippen LogP contribution in [-0.4, -0.2) is 47.9 Å². The number of halogens is 4. The number of hydrogen-bond donors (Lipinski definition) is 1. The second kappa shape index (κ2) is 8.10. The number of carbonyl (C=O) groups excluding carboxylic acids is 2. The molecule has 0 atom stereocenters. The topological polar surface area (TPSA) is 52.7 Å². The van der Waals surface area contributed by atoms with Gasteiger partial charge in [0, 0.05) is 37.4 Å². The van der Waals surface area contributed by atoms with Crippen molar-refractivity contribution in [1.29, 1.82) is 0 Å². The maximum Gasteiger partial charge on any atom is 0.416 e. The molecule has 29 heavy (non-hydrogen) atoms. The Balaban J connectivity index is 1.55. The molecular weight excluding hydrogens is 390 g/mol. The summed E-state index contributed by atoms with van der Waals surface area (Å²) in [6.45, 7) is 2.67. The molecule has 9 heteroatoms. The Kier molecular flexibility index (Phi) is 5.76. The van der Waals surface area contributed by atoms with Gasteiger partial charge in [-0.1, -0.05) is 6.07 Å². The average molecular weight is 409 g/mol. The first-order chi connectivity index (χ1) is 13.6. The van der Waals surface area contributed by atoms with Crippen LogP contribution in [0, 0.1) is 12.7 Å². The molecule has 0 aromatic heterocycles. The van der Waals surface area contributed by atoms with Gasteiger partial charge in [0.2, 0.25) is 0 Å². The van der Waals surface area contributed by atoms with Crippen molar-refractivity contribution < 1.29 is 27.2 Å². The molecule has 0 unspecified atom stereocenters. The molecule has 1 fully saturated rings. The Hall–Kier alpha value is -3.10. The zero-order chi connectivity index (χ0) is 21.2. The van der Waals surface area contributed by atoms with Gasteiger partial charge in [0.1, 0.15) is 5.82 Å². The predicted octanol–water partition coefficient (Wildman–Crippen LogP) is 4.14. The summed E-state index contributed by atoms with van der Waals surface area (Å²) < 4.78 is 51.4. The molecule has 0 bridgehead atoms. The van der Waals surface area contributed by atoms with Gasteiger partial charge >= 0.3 is 12.2 Å². The maximum atomic E-state index is 13.7. The Morgan fingerprint density at radius 2 is 1.52 bits per heavy atom. The molecule has 0 aliphatic carbocycles. The van der Waals surface area contributed by atoms with Crippen LogP contribution in [0.5, 0.6) is 0 Å². The molecule has 1 N–H and O–H groups in total. The SMILES string of the molecule is Cc1ccc(C(=O)N2CCN(C(=O)Nc3ccc(C(F)(F)F)cc3)CC2)cc1F. The van der Waals surface area contributed by atoms with E-state index in [9.17, 15) is 27.2 Å². The number of hydrogen-bond acceptors (Lipinski definition) is 2. The first kappa shape index (κ1) is 20.6. The number of rotatable bonds is 2. The van der Waals surface area contributed by atoms with Gasteiger partial charge in [-0.2, -0.15) is 13.2 Å². The molecule has 0 spiro atoms. The minimum atomic E-state index is -4.44. The lowest BCUT2D eigenvalue weighted by atomic mass is 10.1. The number of nitrogens with zero attached hydrogens (tertiary/aromatic N) is 2. The summed E-state index contributed by atoms with van der Waals surface area (Å²) >= 11 is 0. The molecule has 1 aliphatic rings. The third kappa shape index (κ3) is 4.85.